The van der Waals surface area contributed by atoms with Gasteiger partial charge in [0.1, 0.15) is 0 Å². The zero-order valence-electron chi connectivity index (χ0n) is 10.7. The molecule has 0 atom stereocenters. The third-order valence-corrected chi connectivity index (χ3v) is 2.88. The quantitative estimate of drug-likeness (QED) is 0.244. The summed E-state index contributed by atoms with van der Waals surface area (Å²) in [5.74, 6) is 0. The molecule has 0 bridgehead atoms. The molecule has 0 aliphatic rings. The first-order chi connectivity index (χ1) is 9.26. The van der Waals surface area contributed by atoms with Crippen LogP contribution < -0.4 is 0 Å². The number of aromatic amines is 2. The van der Waals surface area contributed by atoms with Gasteiger partial charge in [0.05, 0.1) is 2.43 Å². The van der Waals surface area contributed by atoms with E-state index >= 15 is 0 Å². The van der Waals surface area contributed by atoms with Gasteiger partial charge in [0.25, 0.3) is 0 Å². The normalized spacial score (nSPS) is 9.79. The summed E-state index contributed by atoms with van der Waals surface area (Å²) >= 11 is 9.53. The second-order valence-electron chi connectivity index (χ2n) is 4.06. The van der Waals surface area contributed by atoms with Gasteiger partial charge >= 0.3 is 0 Å². The Bertz CT molecular complexity index is 493. The molecule has 0 spiro atoms. The number of hydrogen-bond acceptors (Lipinski definition) is 1. The fraction of sp³-hybridized carbons (Fsp3) is 0.357. The molecule has 104 valence electrons. The first kappa shape index (κ1) is 17.2. The highest BCUT2D eigenvalue weighted by Gasteiger charge is 1.96. The first-order valence-corrected chi connectivity index (χ1v) is 9.64. The van der Waals surface area contributed by atoms with Crippen molar-refractivity contribution >= 4 is 57.4 Å². The van der Waals surface area contributed by atoms with Gasteiger partial charge in [-0.25, -0.2) is 0 Å². The van der Waals surface area contributed by atoms with Gasteiger partial charge in [-0.3, -0.25) is 0 Å². The minimum atomic E-state index is 0.720. The van der Waals surface area contributed by atoms with Gasteiger partial charge in [0, 0.05) is 11.9 Å². The standard InChI is InChI=1S/C13H16N2S.CH2I2/c16-13-14-10-12(15-13)9-5-4-8-11-6-2-1-3-7-11;2-1-3/h1-3,6-7,10H,4-5,8-9H2,(H2,14,15,16);1H2. The van der Waals surface area contributed by atoms with E-state index in [2.05, 4.69) is 85.5 Å². The summed E-state index contributed by atoms with van der Waals surface area (Å²) in [6, 6.07) is 10.6. The minimum absolute atomic E-state index is 0.720. The van der Waals surface area contributed by atoms with E-state index in [4.69, 9.17) is 12.2 Å². The van der Waals surface area contributed by atoms with Crippen LogP contribution in [0.4, 0.5) is 0 Å². The molecule has 1 aromatic heterocycles. The van der Waals surface area contributed by atoms with E-state index in [1.807, 2.05) is 6.20 Å². The average molecular weight is 500 g/mol. The number of imidazole rings is 1. The van der Waals surface area contributed by atoms with Gasteiger partial charge in [-0.1, -0.05) is 75.5 Å². The summed E-state index contributed by atoms with van der Waals surface area (Å²) < 4.78 is 1.91. The molecule has 0 aliphatic carbocycles. The van der Waals surface area contributed by atoms with Crippen molar-refractivity contribution in [1.82, 2.24) is 9.97 Å². The van der Waals surface area contributed by atoms with Crippen LogP contribution in [0.25, 0.3) is 0 Å². The molecule has 0 aliphatic heterocycles. The predicted octanol–water partition coefficient (Wildman–Crippen LogP) is 5.45. The van der Waals surface area contributed by atoms with Gasteiger partial charge in [0.2, 0.25) is 0 Å². The zero-order chi connectivity index (χ0) is 13.9. The molecule has 2 nitrogen and oxygen atoms in total. The lowest BCUT2D eigenvalue weighted by atomic mass is 10.1. The summed E-state index contributed by atoms with van der Waals surface area (Å²) in [5, 5.41) is 0. The first-order valence-electron chi connectivity index (χ1n) is 6.18. The van der Waals surface area contributed by atoms with Crippen molar-refractivity contribution in [3.05, 3.63) is 52.6 Å². The molecule has 2 rings (SSSR count). The molecule has 5 heteroatoms. The Kier molecular flexibility index (Phi) is 9.80. The monoisotopic (exact) mass is 500 g/mol. The highest BCUT2D eigenvalue weighted by Crippen LogP contribution is 2.07. The summed E-state index contributed by atoms with van der Waals surface area (Å²) in [6.07, 6.45) is 6.60. The largest absolute Gasteiger partial charge is 0.337 e. The molecule has 0 unspecified atom stereocenters. The van der Waals surface area contributed by atoms with E-state index in [1.165, 1.54) is 26.5 Å². The van der Waals surface area contributed by atoms with Crippen molar-refractivity contribution in [1.29, 1.82) is 0 Å². The van der Waals surface area contributed by atoms with Crippen LogP contribution in [0.3, 0.4) is 0 Å². The Morgan fingerprint density at radius 3 is 2.21 bits per heavy atom. The second kappa shape index (κ2) is 10.8. The maximum atomic E-state index is 4.98. The maximum absolute atomic E-state index is 4.98. The van der Waals surface area contributed by atoms with Gasteiger partial charge in [-0.2, -0.15) is 0 Å². The zero-order valence-corrected chi connectivity index (χ0v) is 15.8. The lowest BCUT2D eigenvalue weighted by Crippen LogP contribution is -1.89. The number of aryl methyl sites for hydroxylation is 2. The molecule has 0 radical (unpaired) electrons. The van der Waals surface area contributed by atoms with E-state index in [0.29, 0.717) is 0 Å². The SMILES string of the molecule is ICI.S=c1[nH]cc(CCCCc2ccccc2)[nH]1. The van der Waals surface area contributed by atoms with Crippen molar-refractivity contribution in [2.45, 2.75) is 25.7 Å². The number of H-pyrrole nitrogens is 2. The highest BCUT2D eigenvalue weighted by molar-refractivity contribution is 14.2. The summed E-state index contributed by atoms with van der Waals surface area (Å²) in [7, 11) is 0. The predicted molar refractivity (Wildman–Crippen MR) is 102 cm³/mol. The van der Waals surface area contributed by atoms with Gasteiger partial charge in [-0.15, -0.1) is 0 Å². The van der Waals surface area contributed by atoms with Crippen molar-refractivity contribution in [3.8, 4) is 0 Å². The molecular weight excluding hydrogens is 482 g/mol. The van der Waals surface area contributed by atoms with Crippen LogP contribution >= 0.6 is 57.4 Å². The Labute approximate surface area is 147 Å². The number of unbranched alkanes of at least 4 members (excludes halogenated alkanes) is 1. The Hall–Kier alpha value is 0.110. The minimum Gasteiger partial charge on any atom is -0.337 e. The van der Waals surface area contributed by atoms with Gasteiger partial charge < -0.3 is 9.97 Å². The molecule has 19 heavy (non-hydrogen) atoms. The molecule has 1 aromatic carbocycles. The second-order valence-corrected chi connectivity index (χ2v) is 8.91. The van der Waals surface area contributed by atoms with E-state index in [1.54, 1.807) is 0 Å². The number of nitrogens with one attached hydrogen (secondary N) is 2. The number of halogens is 2. The Balaban J connectivity index is 0.000000550. The van der Waals surface area contributed by atoms with E-state index in [0.717, 1.165) is 17.6 Å². The van der Waals surface area contributed by atoms with Crippen LogP contribution in [0.15, 0.2) is 36.5 Å². The molecule has 0 amide bonds. The van der Waals surface area contributed by atoms with Gasteiger partial charge in [0.15, 0.2) is 4.77 Å². The number of aromatic nitrogens is 2. The fourth-order valence-electron chi connectivity index (χ4n) is 1.79. The van der Waals surface area contributed by atoms with Crippen molar-refractivity contribution < 1.29 is 0 Å². The molecule has 0 fully saturated rings. The van der Waals surface area contributed by atoms with E-state index < -0.39 is 0 Å². The van der Waals surface area contributed by atoms with E-state index in [-0.39, 0.29) is 0 Å². The van der Waals surface area contributed by atoms with Crippen LogP contribution in [0.1, 0.15) is 24.1 Å². The lowest BCUT2D eigenvalue weighted by Gasteiger charge is -2.00. The number of rotatable bonds is 5. The smallest absolute Gasteiger partial charge is 0.174 e. The summed E-state index contributed by atoms with van der Waals surface area (Å²) in [6.45, 7) is 0. The highest BCUT2D eigenvalue weighted by atomic mass is 127. The molecule has 2 aromatic rings. The number of benzene rings is 1. The van der Waals surface area contributed by atoms with Crippen LogP contribution in [0.2, 0.25) is 0 Å². The van der Waals surface area contributed by atoms with Gasteiger partial charge in [-0.05, 0) is 43.5 Å². The third kappa shape index (κ3) is 8.09. The van der Waals surface area contributed by atoms with Crippen molar-refractivity contribution in [2.75, 3.05) is 2.43 Å². The molecule has 0 saturated heterocycles. The van der Waals surface area contributed by atoms with Crippen LogP contribution in [0, 0.1) is 4.77 Å². The number of alkyl halides is 2. The molecule has 0 saturated carbocycles. The van der Waals surface area contributed by atoms with Crippen LogP contribution in [-0.4, -0.2) is 12.4 Å². The average Bonchev–Trinajstić information content (AvgIpc) is 2.83. The van der Waals surface area contributed by atoms with Crippen molar-refractivity contribution in [3.63, 3.8) is 0 Å². The summed E-state index contributed by atoms with van der Waals surface area (Å²) in [5.41, 5.74) is 2.63. The Morgan fingerprint density at radius 2 is 1.63 bits per heavy atom. The van der Waals surface area contributed by atoms with E-state index in [9.17, 15) is 0 Å². The molecule has 2 N–H and O–H groups in total. The van der Waals surface area contributed by atoms with Crippen LogP contribution in [-0.2, 0) is 12.8 Å². The Morgan fingerprint density at radius 1 is 1.00 bits per heavy atom. The summed E-state index contributed by atoms with van der Waals surface area (Å²) in [4.78, 5) is 6.12. The number of hydrogen-bond donors (Lipinski definition) is 2. The lowest BCUT2D eigenvalue weighted by molar-refractivity contribution is 0.725. The topological polar surface area (TPSA) is 31.6 Å². The van der Waals surface area contributed by atoms with Crippen LogP contribution in [0.5, 0.6) is 0 Å². The third-order valence-electron chi connectivity index (χ3n) is 2.66. The fourth-order valence-corrected chi connectivity index (χ4v) is 1.98. The molecule has 1 heterocycles. The van der Waals surface area contributed by atoms with Crippen molar-refractivity contribution in [2.24, 2.45) is 0 Å². The maximum Gasteiger partial charge on any atom is 0.174 e. The molecular formula is C14H18I2N2S.